The fourth-order valence-electron chi connectivity index (χ4n) is 2.22. The van der Waals surface area contributed by atoms with Crippen LogP contribution in [0.2, 0.25) is 0 Å². The summed E-state index contributed by atoms with van der Waals surface area (Å²) in [4.78, 5) is 4.34. The van der Waals surface area contributed by atoms with Gasteiger partial charge in [0.05, 0.1) is 5.70 Å². The summed E-state index contributed by atoms with van der Waals surface area (Å²) < 4.78 is 0. The van der Waals surface area contributed by atoms with Gasteiger partial charge in [0.1, 0.15) is 23.0 Å². The van der Waals surface area contributed by atoms with Crippen molar-refractivity contribution in [3.63, 3.8) is 0 Å². The number of nitrogens with two attached hydrogens (primary N) is 1. The lowest BCUT2D eigenvalue weighted by Crippen LogP contribution is -2.44. The van der Waals surface area contributed by atoms with Gasteiger partial charge in [0.15, 0.2) is 0 Å². The summed E-state index contributed by atoms with van der Waals surface area (Å²) in [5, 5.41) is 11.2. The van der Waals surface area contributed by atoms with Gasteiger partial charge in [0, 0.05) is 11.8 Å². The van der Waals surface area contributed by atoms with Crippen LogP contribution < -0.4 is 5.84 Å². The highest BCUT2D eigenvalue weighted by atomic mass is 35.5. The summed E-state index contributed by atoms with van der Waals surface area (Å²) in [6.07, 6.45) is 4.49. The Labute approximate surface area is 99.3 Å². The van der Waals surface area contributed by atoms with E-state index in [0.717, 1.165) is 31.4 Å². The number of rotatable bonds is 2. The standard InChI is InChI=1S/C11H13ClN4/c12-10-8(5-13)9(6-1-2-6)16(14)11(15-10)7-3-4-7/h6-7,11H,1-4,14H2. The van der Waals surface area contributed by atoms with Crippen LogP contribution in [0.5, 0.6) is 0 Å². The van der Waals surface area contributed by atoms with Crippen LogP contribution in [0.3, 0.4) is 0 Å². The van der Waals surface area contributed by atoms with Crippen molar-refractivity contribution in [1.82, 2.24) is 5.01 Å². The highest BCUT2D eigenvalue weighted by molar-refractivity contribution is 6.70. The molecule has 4 nitrogen and oxygen atoms in total. The number of nitriles is 1. The van der Waals surface area contributed by atoms with E-state index in [-0.39, 0.29) is 6.17 Å². The van der Waals surface area contributed by atoms with E-state index in [1.807, 2.05) is 0 Å². The fraction of sp³-hybridized carbons (Fsp3) is 0.636. The minimum Gasteiger partial charge on any atom is -0.289 e. The van der Waals surface area contributed by atoms with Crippen LogP contribution in [0.4, 0.5) is 0 Å². The van der Waals surface area contributed by atoms with Crippen molar-refractivity contribution in [3.8, 4) is 6.07 Å². The molecule has 2 saturated carbocycles. The van der Waals surface area contributed by atoms with E-state index >= 15 is 0 Å². The molecule has 0 spiro atoms. The normalized spacial score (nSPS) is 30.2. The number of halogens is 1. The second-order valence-electron chi connectivity index (χ2n) is 4.72. The van der Waals surface area contributed by atoms with Crippen molar-refractivity contribution in [2.75, 3.05) is 0 Å². The lowest BCUT2D eigenvalue weighted by Gasteiger charge is -2.32. The maximum absolute atomic E-state index is 9.11. The molecule has 1 aliphatic heterocycles. The molecular formula is C11H13ClN4. The van der Waals surface area contributed by atoms with E-state index in [1.165, 1.54) is 0 Å². The van der Waals surface area contributed by atoms with Crippen molar-refractivity contribution in [3.05, 3.63) is 11.3 Å². The minimum absolute atomic E-state index is 0.0415. The van der Waals surface area contributed by atoms with Gasteiger partial charge < -0.3 is 0 Å². The zero-order chi connectivity index (χ0) is 11.3. The van der Waals surface area contributed by atoms with Crippen molar-refractivity contribution in [2.24, 2.45) is 22.7 Å². The number of hydrogen-bond acceptors (Lipinski definition) is 4. The molecule has 84 valence electrons. The SMILES string of the molecule is N#CC1=C(C2CC2)N(N)C(C2CC2)N=C1Cl. The van der Waals surface area contributed by atoms with Gasteiger partial charge in [-0.15, -0.1) is 0 Å². The fourth-order valence-corrected chi connectivity index (χ4v) is 2.46. The van der Waals surface area contributed by atoms with Crippen LogP contribution in [-0.4, -0.2) is 16.3 Å². The highest BCUT2D eigenvalue weighted by Gasteiger charge is 2.43. The quantitative estimate of drug-likeness (QED) is 0.743. The molecule has 2 fully saturated rings. The predicted octanol–water partition coefficient (Wildman–Crippen LogP) is 1.74. The summed E-state index contributed by atoms with van der Waals surface area (Å²) in [5.74, 6) is 7.03. The molecule has 0 bridgehead atoms. The molecule has 16 heavy (non-hydrogen) atoms. The zero-order valence-electron chi connectivity index (χ0n) is 8.86. The zero-order valence-corrected chi connectivity index (χ0v) is 9.61. The lowest BCUT2D eigenvalue weighted by molar-refractivity contribution is 0.224. The molecule has 5 heteroatoms. The maximum Gasteiger partial charge on any atom is 0.145 e. The van der Waals surface area contributed by atoms with Gasteiger partial charge in [0.2, 0.25) is 0 Å². The highest BCUT2D eigenvalue weighted by Crippen LogP contribution is 2.45. The predicted molar refractivity (Wildman–Crippen MR) is 61.2 cm³/mol. The first kappa shape index (κ1) is 10.1. The summed E-state index contributed by atoms with van der Waals surface area (Å²) in [6, 6.07) is 2.13. The molecule has 0 aromatic heterocycles. The summed E-state index contributed by atoms with van der Waals surface area (Å²) in [6.45, 7) is 0. The molecule has 0 aromatic rings. The van der Waals surface area contributed by atoms with E-state index in [9.17, 15) is 0 Å². The largest absolute Gasteiger partial charge is 0.289 e. The third-order valence-electron chi connectivity index (χ3n) is 3.39. The third kappa shape index (κ3) is 1.51. The second-order valence-corrected chi connectivity index (χ2v) is 5.08. The first-order valence-corrected chi connectivity index (χ1v) is 6.02. The average molecular weight is 237 g/mol. The second kappa shape index (κ2) is 3.47. The number of nitrogens with zero attached hydrogens (tertiary/aromatic N) is 3. The van der Waals surface area contributed by atoms with Crippen LogP contribution >= 0.6 is 11.6 Å². The molecule has 3 aliphatic rings. The molecule has 1 atom stereocenters. The number of aliphatic imine (C=N–C) groups is 1. The molecule has 1 heterocycles. The first-order chi connectivity index (χ1) is 7.72. The molecule has 0 amide bonds. The van der Waals surface area contributed by atoms with Gasteiger partial charge in [-0.05, 0) is 25.7 Å². The summed E-state index contributed by atoms with van der Waals surface area (Å²) >= 11 is 6.07. The van der Waals surface area contributed by atoms with Crippen LogP contribution in [0.1, 0.15) is 25.7 Å². The molecule has 1 unspecified atom stereocenters. The molecule has 3 rings (SSSR count). The van der Waals surface area contributed by atoms with Crippen molar-refractivity contribution >= 4 is 16.8 Å². The Morgan fingerprint density at radius 3 is 2.56 bits per heavy atom. The van der Waals surface area contributed by atoms with E-state index in [4.69, 9.17) is 22.7 Å². The summed E-state index contributed by atoms with van der Waals surface area (Å²) in [7, 11) is 0. The molecular weight excluding hydrogens is 224 g/mol. The third-order valence-corrected chi connectivity index (χ3v) is 3.68. The van der Waals surface area contributed by atoms with E-state index < -0.39 is 0 Å². The van der Waals surface area contributed by atoms with Gasteiger partial charge >= 0.3 is 0 Å². The Morgan fingerprint density at radius 1 is 1.38 bits per heavy atom. The topological polar surface area (TPSA) is 65.4 Å². The Bertz CT molecular complexity index is 426. The van der Waals surface area contributed by atoms with Gasteiger partial charge in [0.25, 0.3) is 0 Å². The smallest absolute Gasteiger partial charge is 0.145 e. The van der Waals surface area contributed by atoms with Gasteiger partial charge in [-0.1, -0.05) is 11.6 Å². The van der Waals surface area contributed by atoms with Crippen molar-refractivity contribution in [1.29, 1.82) is 5.26 Å². The Kier molecular flexibility index (Phi) is 2.20. The molecule has 2 aliphatic carbocycles. The van der Waals surface area contributed by atoms with Crippen LogP contribution in [0.15, 0.2) is 16.3 Å². The summed E-state index contributed by atoms with van der Waals surface area (Å²) in [5.41, 5.74) is 1.39. The molecule has 0 radical (unpaired) electrons. The van der Waals surface area contributed by atoms with Crippen molar-refractivity contribution in [2.45, 2.75) is 31.8 Å². The molecule has 2 N–H and O–H groups in total. The van der Waals surface area contributed by atoms with Crippen LogP contribution in [-0.2, 0) is 0 Å². The van der Waals surface area contributed by atoms with Gasteiger partial charge in [-0.25, -0.2) is 10.8 Å². The van der Waals surface area contributed by atoms with Gasteiger partial charge in [-0.2, -0.15) is 5.26 Å². The number of allylic oxidation sites excluding steroid dienone is 2. The van der Waals surface area contributed by atoms with Crippen LogP contribution in [0, 0.1) is 23.2 Å². The molecule has 0 saturated heterocycles. The van der Waals surface area contributed by atoms with Crippen molar-refractivity contribution < 1.29 is 0 Å². The van der Waals surface area contributed by atoms with Gasteiger partial charge in [-0.3, -0.25) is 5.01 Å². The van der Waals surface area contributed by atoms with E-state index in [2.05, 4.69) is 11.1 Å². The van der Waals surface area contributed by atoms with E-state index in [1.54, 1.807) is 5.01 Å². The monoisotopic (exact) mass is 236 g/mol. The van der Waals surface area contributed by atoms with E-state index in [0.29, 0.717) is 22.6 Å². The number of hydrazine groups is 1. The number of hydrogen-bond donors (Lipinski definition) is 1. The Morgan fingerprint density at radius 2 is 2.06 bits per heavy atom. The maximum atomic E-state index is 9.11. The first-order valence-electron chi connectivity index (χ1n) is 5.64. The Hall–Kier alpha value is -1.05. The molecule has 0 aromatic carbocycles. The minimum atomic E-state index is -0.0415. The lowest BCUT2D eigenvalue weighted by atomic mass is 10.1. The van der Waals surface area contributed by atoms with Crippen LogP contribution in [0.25, 0.3) is 0 Å². The average Bonchev–Trinajstić information content (AvgIpc) is 3.13. The Balaban J connectivity index is 1.99.